The third-order valence-corrected chi connectivity index (χ3v) is 3.56. The molecule has 6 nitrogen and oxygen atoms in total. The minimum Gasteiger partial charge on any atom is -0.481 e. The molecule has 0 radical (unpaired) electrons. The van der Waals surface area contributed by atoms with Crippen molar-refractivity contribution < 1.29 is 19.8 Å². The van der Waals surface area contributed by atoms with E-state index in [1.807, 2.05) is 0 Å². The van der Waals surface area contributed by atoms with Crippen LogP contribution in [-0.2, 0) is 29.5 Å². The zero-order valence-corrected chi connectivity index (χ0v) is 11.7. The average molecular weight is 289 g/mol. The second kappa shape index (κ2) is 5.40. The molecule has 0 amide bonds. The molecule has 6 heteroatoms. The molecule has 1 aromatic heterocycles. The van der Waals surface area contributed by atoms with E-state index in [0.717, 1.165) is 0 Å². The number of aliphatic carboxylic acids is 2. The highest BCUT2D eigenvalue weighted by atomic mass is 16.4. The van der Waals surface area contributed by atoms with Crippen LogP contribution in [0.3, 0.4) is 0 Å². The summed E-state index contributed by atoms with van der Waals surface area (Å²) in [5.74, 6) is -2.06. The van der Waals surface area contributed by atoms with Gasteiger partial charge in [0, 0.05) is 23.7 Å². The first-order valence-electron chi connectivity index (χ1n) is 6.36. The second-order valence-electron chi connectivity index (χ2n) is 4.94. The van der Waals surface area contributed by atoms with Gasteiger partial charge in [-0.3, -0.25) is 14.4 Å². The maximum Gasteiger partial charge on any atom is 0.308 e. The smallest absolute Gasteiger partial charge is 0.308 e. The Morgan fingerprint density at radius 2 is 1.76 bits per heavy atom. The summed E-state index contributed by atoms with van der Waals surface area (Å²) in [6, 6.07) is 4.87. The molecule has 0 bridgehead atoms. The van der Waals surface area contributed by atoms with Crippen LogP contribution in [0, 0.1) is 6.92 Å². The van der Waals surface area contributed by atoms with Crippen molar-refractivity contribution in [3.8, 4) is 0 Å². The molecule has 0 aliphatic carbocycles. The molecule has 1 aromatic carbocycles. The van der Waals surface area contributed by atoms with Crippen molar-refractivity contribution in [2.24, 2.45) is 7.05 Å². The van der Waals surface area contributed by atoms with E-state index >= 15 is 0 Å². The van der Waals surface area contributed by atoms with Gasteiger partial charge in [-0.2, -0.15) is 0 Å². The zero-order chi connectivity index (χ0) is 15.7. The predicted molar refractivity (Wildman–Crippen MR) is 76.6 cm³/mol. The van der Waals surface area contributed by atoms with Gasteiger partial charge in [0.05, 0.1) is 18.4 Å². The maximum atomic E-state index is 12.5. The highest BCUT2D eigenvalue weighted by molar-refractivity contribution is 5.83. The summed E-state index contributed by atoms with van der Waals surface area (Å²) < 4.78 is 1.75. The Kier molecular flexibility index (Phi) is 3.80. The van der Waals surface area contributed by atoms with E-state index in [1.165, 1.54) is 6.07 Å². The molecule has 0 aliphatic rings. The van der Waals surface area contributed by atoms with E-state index in [-0.39, 0.29) is 23.8 Å². The van der Waals surface area contributed by atoms with E-state index < -0.39 is 11.9 Å². The predicted octanol–water partition coefficient (Wildman–Crippen LogP) is 1.10. The van der Waals surface area contributed by atoms with Crippen molar-refractivity contribution in [3.05, 3.63) is 45.2 Å². The molecule has 0 atom stereocenters. The van der Waals surface area contributed by atoms with Crippen LogP contribution in [0.5, 0.6) is 0 Å². The van der Waals surface area contributed by atoms with Gasteiger partial charge >= 0.3 is 11.9 Å². The summed E-state index contributed by atoms with van der Waals surface area (Å²) in [5.41, 5.74) is 1.64. The Balaban J connectivity index is 2.75. The topological polar surface area (TPSA) is 96.6 Å². The molecule has 2 aromatic rings. The fourth-order valence-electron chi connectivity index (χ4n) is 2.41. The molecule has 1 heterocycles. The monoisotopic (exact) mass is 289 g/mol. The molecule has 0 unspecified atom stereocenters. The van der Waals surface area contributed by atoms with E-state index in [1.54, 1.807) is 30.7 Å². The third kappa shape index (κ3) is 2.79. The number of carbonyl (C=O) groups is 2. The van der Waals surface area contributed by atoms with Gasteiger partial charge in [0.2, 0.25) is 0 Å². The molecule has 0 fully saturated rings. The Hall–Kier alpha value is -2.63. The molecule has 0 aliphatic heterocycles. The molecule has 110 valence electrons. The molecular weight excluding hydrogens is 274 g/mol. The summed E-state index contributed by atoms with van der Waals surface area (Å²) in [6.45, 7) is 1.70. The number of benzene rings is 1. The van der Waals surface area contributed by atoms with Gasteiger partial charge in [0.1, 0.15) is 0 Å². The minimum atomic E-state index is -1.07. The third-order valence-electron chi connectivity index (χ3n) is 3.56. The number of pyridine rings is 1. The van der Waals surface area contributed by atoms with Crippen LogP contribution in [0.25, 0.3) is 10.9 Å². The first kappa shape index (κ1) is 14.8. The minimum absolute atomic E-state index is 0.179. The summed E-state index contributed by atoms with van der Waals surface area (Å²) in [6.07, 6.45) is -0.529. The molecule has 0 spiro atoms. The van der Waals surface area contributed by atoms with Gasteiger partial charge in [0.25, 0.3) is 0 Å². The summed E-state index contributed by atoms with van der Waals surface area (Å²) in [7, 11) is 1.75. The number of fused-ring (bicyclic) bond motifs is 1. The first-order valence-corrected chi connectivity index (χ1v) is 6.36. The highest BCUT2D eigenvalue weighted by Gasteiger charge is 2.15. The average Bonchev–Trinajstić information content (AvgIpc) is 2.40. The van der Waals surface area contributed by atoms with Crippen LogP contribution in [-0.4, -0.2) is 26.7 Å². The van der Waals surface area contributed by atoms with Gasteiger partial charge < -0.3 is 14.8 Å². The van der Waals surface area contributed by atoms with Crippen LogP contribution in [0.1, 0.15) is 16.8 Å². The number of carboxylic acids is 2. The van der Waals surface area contributed by atoms with Gasteiger partial charge in [-0.1, -0.05) is 6.07 Å². The zero-order valence-electron chi connectivity index (χ0n) is 11.7. The lowest BCUT2D eigenvalue weighted by atomic mass is 10.0. The lowest BCUT2D eigenvalue weighted by molar-refractivity contribution is -0.137. The molecule has 0 saturated carbocycles. The fourth-order valence-corrected chi connectivity index (χ4v) is 2.41. The lowest BCUT2D eigenvalue weighted by Crippen LogP contribution is -2.20. The van der Waals surface area contributed by atoms with E-state index in [2.05, 4.69) is 0 Å². The maximum absolute atomic E-state index is 12.5. The number of aryl methyl sites for hydroxylation is 1. The number of aromatic nitrogens is 1. The van der Waals surface area contributed by atoms with Crippen molar-refractivity contribution in [1.29, 1.82) is 0 Å². The lowest BCUT2D eigenvalue weighted by Gasteiger charge is -2.14. The van der Waals surface area contributed by atoms with Gasteiger partial charge in [-0.15, -0.1) is 0 Å². The number of rotatable bonds is 4. The Morgan fingerprint density at radius 3 is 2.33 bits per heavy atom. The molecule has 2 N–H and O–H groups in total. The molecule has 2 rings (SSSR count). The van der Waals surface area contributed by atoms with Crippen molar-refractivity contribution in [1.82, 2.24) is 4.57 Å². The van der Waals surface area contributed by atoms with Gasteiger partial charge in [-0.05, 0) is 24.6 Å². The Morgan fingerprint density at radius 1 is 1.14 bits per heavy atom. The van der Waals surface area contributed by atoms with Crippen LogP contribution in [0.2, 0.25) is 0 Å². The quantitative estimate of drug-likeness (QED) is 0.878. The Labute approximate surface area is 120 Å². The molecule has 0 saturated heterocycles. The fraction of sp³-hybridized carbons (Fsp3) is 0.267. The van der Waals surface area contributed by atoms with Crippen LogP contribution < -0.4 is 5.43 Å². The van der Waals surface area contributed by atoms with E-state index in [0.29, 0.717) is 22.2 Å². The summed E-state index contributed by atoms with van der Waals surface area (Å²) >= 11 is 0. The van der Waals surface area contributed by atoms with Crippen LogP contribution >= 0.6 is 0 Å². The number of hydrogen-bond donors (Lipinski definition) is 2. The SMILES string of the molecule is Cc1c(CC(=O)O)c(=O)c2cc(CC(=O)O)ccc2n1C. The van der Waals surface area contributed by atoms with Gasteiger partial charge in [-0.25, -0.2) is 0 Å². The van der Waals surface area contributed by atoms with Crippen LogP contribution in [0.15, 0.2) is 23.0 Å². The van der Waals surface area contributed by atoms with Crippen molar-refractivity contribution >= 4 is 22.8 Å². The normalized spacial score (nSPS) is 10.8. The summed E-state index contributed by atoms with van der Waals surface area (Å²) in [4.78, 5) is 34.1. The largest absolute Gasteiger partial charge is 0.481 e. The van der Waals surface area contributed by atoms with Crippen molar-refractivity contribution in [3.63, 3.8) is 0 Å². The van der Waals surface area contributed by atoms with Crippen molar-refractivity contribution in [2.75, 3.05) is 0 Å². The van der Waals surface area contributed by atoms with E-state index in [9.17, 15) is 14.4 Å². The summed E-state index contributed by atoms with van der Waals surface area (Å²) in [5, 5.41) is 18.1. The number of nitrogens with zero attached hydrogens (tertiary/aromatic N) is 1. The Bertz CT molecular complexity index is 804. The first-order chi connectivity index (χ1) is 9.81. The molecular formula is C15H15NO5. The van der Waals surface area contributed by atoms with Gasteiger partial charge in [0.15, 0.2) is 5.43 Å². The molecule has 21 heavy (non-hydrogen) atoms. The number of hydrogen-bond acceptors (Lipinski definition) is 3. The standard InChI is InChI=1S/C15H15NO5/c1-8-10(7-14(19)20)15(21)11-5-9(6-13(17)18)3-4-12(11)16(8)2/h3-5H,6-7H2,1-2H3,(H,17,18)(H,19,20). The van der Waals surface area contributed by atoms with E-state index in [4.69, 9.17) is 10.2 Å². The van der Waals surface area contributed by atoms with Crippen LogP contribution in [0.4, 0.5) is 0 Å². The number of carboxylic acid groups (broad SMARTS) is 2. The highest BCUT2D eigenvalue weighted by Crippen LogP contribution is 2.17. The van der Waals surface area contributed by atoms with Crippen molar-refractivity contribution in [2.45, 2.75) is 19.8 Å². The second-order valence-corrected chi connectivity index (χ2v) is 4.94.